The van der Waals surface area contributed by atoms with E-state index in [0.717, 1.165) is 12.2 Å². The molecule has 5 heteroatoms. The van der Waals surface area contributed by atoms with Crippen molar-refractivity contribution in [1.82, 2.24) is 0 Å². The lowest BCUT2D eigenvalue weighted by atomic mass is 10.2. The van der Waals surface area contributed by atoms with E-state index in [4.69, 9.17) is 21.1 Å². The highest BCUT2D eigenvalue weighted by Gasteiger charge is 2.09. The number of nitrogens with two attached hydrogens (primary N) is 1. The number of rotatable bonds is 10. The third kappa shape index (κ3) is 7.70. The summed E-state index contributed by atoms with van der Waals surface area (Å²) in [6.07, 6.45) is 0.669. The van der Waals surface area contributed by atoms with E-state index in [1.165, 1.54) is 0 Å². The molecule has 0 aliphatic rings. The fourth-order valence-electron chi connectivity index (χ4n) is 1.59. The molecular formula is C15H25ClNO3+. The van der Waals surface area contributed by atoms with Crippen molar-refractivity contribution in [2.45, 2.75) is 32.4 Å². The van der Waals surface area contributed by atoms with E-state index in [1.54, 1.807) is 12.1 Å². The summed E-state index contributed by atoms with van der Waals surface area (Å²) in [5, 5.41) is 12.6. The number of aliphatic hydroxyl groups excluding tert-OH is 1. The van der Waals surface area contributed by atoms with Gasteiger partial charge in [-0.05, 0) is 37.6 Å². The summed E-state index contributed by atoms with van der Waals surface area (Å²) < 4.78 is 10.9. The molecule has 0 fully saturated rings. The minimum atomic E-state index is -0.431. The van der Waals surface area contributed by atoms with Crippen LogP contribution in [0.4, 0.5) is 0 Å². The lowest BCUT2D eigenvalue weighted by Gasteiger charge is -2.13. The average Bonchev–Trinajstić information content (AvgIpc) is 2.46. The zero-order valence-electron chi connectivity index (χ0n) is 12.2. The fourth-order valence-corrected chi connectivity index (χ4v) is 1.72. The van der Waals surface area contributed by atoms with E-state index in [9.17, 15) is 5.11 Å². The van der Waals surface area contributed by atoms with Crippen LogP contribution in [0.2, 0.25) is 5.02 Å². The summed E-state index contributed by atoms with van der Waals surface area (Å²) in [5.74, 6) is 0.767. The van der Waals surface area contributed by atoms with Crippen molar-refractivity contribution in [3.05, 3.63) is 29.3 Å². The topological polar surface area (TPSA) is 55.3 Å². The van der Waals surface area contributed by atoms with Crippen molar-refractivity contribution in [2.75, 3.05) is 26.4 Å². The van der Waals surface area contributed by atoms with E-state index in [1.807, 2.05) is 12.1 Å². The molecule has 0 radical (unpaired) electrons. The summed E-state index contributed by atoms with van der Waals surface area (Å²) in [6.45, 7) is 6.22. The summed E-state index contributed by atoms with van der Waals surface area (Å²) in [4.78, 5) is 0. The third-order valence-electron chi connectivity index (χ3n) is 3.07. The van der Waals surface area contributed by atoms with Crippen molar-refractivity contribution < 1.29 is 19.9 Å². The van der Waals surface area contributed by atoms with Crippen LogP contribution in [-0.4, -0.2) is 43.6 Å². The van der Waals surface area contributed by atoms with Crippen LogP contribution in [0.15, 0.2) is 24.3 Å². The molecule has 0 amide bonds. The molecule has 114 valence electrons. The van der Waals surface area contributed by atoms with Crippen LogP contribution in [0.5, 0.6) is 5.75 Å². The van der Waals surface area contributed by atoms with Crippen molar-refractivity contribution >= 4 is 11.6 Å². The van der Waals surface area contributed by atoms with E-state index in [2.05, 4.69) is 19.2 Å². The van der Waals surface area contributed by atoms with Crippen molar-refractivity contribution in [3.8, 4) is 5.75 Å². The van der Waals surface area contributed by atoms with Crippen molar-refractivity contribution in [1.29, 1.82) is 0 Å². The highest BCUT2D eigenvalue weighted by molar-refractivity contribution is 6.30. The number of hydrogen-bond donors (Lipinski definition) is 2. The molecule has 20 heavy (non-hydrogen) atoms. The quantitative estimate of drug-likeness (QED) is 0.643. The van der Waals surface area contributed by atoms with Gasteiger partial charge in [0, 0.05) is 5.02 Å². The number of benzene rings is 1. The Kier molecular flexibility index (Phi) is 8.62. The summed E-state index contributed by atoms with van der Waals surface area (Å²) >= 11 is 5.78. The number of halogens is 1. The first-order valence-corrected chi connectivity index (χ1v) is 7.47. The highest BCUT2D eigenvalue weighted by Crippen LogP contribution is 2.15. The van der Waals surface area contributed by atoms with Crippen LogP contribution in [0, 0.1) is 0 Å². The van der Waals surface area contributed by atoms with Gasteiger partial charge in [0.1, 0.15) is 25.0 Å². The van der Waals surface area contributed by atoms with Gasteiger partial charge >= 0.3 is 0 Å². The lowest BCUT2D eigenvalue weighted by molar-refractivity contribution is -0.692. The molecule has 0 heterocycles. The molecule has 0 spiro atoms. The molecule has 0 unspecified atom stereocenters. The molecule has 1 aromatic rings. The lowest BCUT2D eigenvalue weighted by Crippen LogP contribution is -2.91. The Balaban J connectivity index is 2.02. The second-order valence-corrected chi connectivity index (χ2v) is 5.32. The number of quaternary nitrogens is 1. The smallest absolute Gasteiger partial charge is 0.126 e. The fraction of sp³-hybridized carbons (Fsp3) is 0.600. The van der Waals surface area contributed by atoms with Gasteiger partial charge in [-0.2, -0.15) is 0 Å². The highest BCUT2D eigenvalue weighted by atomic mass is 35.5. The zero-order chi connectivity index (χ0) is 14.8. The second kappa shape index (κ2) is 10.00. The predicted molar refractivity (Wildman–Crippen MR) is 80.3 cm³/mol. The molecule has 0 saturated carbocycles. The van der Waals surface area contributed by atoms with Crippen LogP contribution in [0.1, 0.15) is 20.3 Å². The van der Waals surface area contributed by atoms with Crippen LogP contribution in [0.25, 0.3) is 0 Å². The molecule has 0 bridgehead atoms. The molecular weight excluding hydrogens is 278 g/mol. The number of ether oxygens (including phenoxy) is 2. The first-order chi connectivity index (χ1) is 9.61. The molecule has 0 aliphatic carbocycles. The average molecular weight is 303 g/mol. The van der Waals surface area contributed by atoms with Crippen LogP contribution < -0.4 is 10.1 Å². The first kappa shape index (κ1) is 17.2. The van der Waals surface area contributed by atoms with E-state index >= 15 is 0 Å². The SMILES string of the molecule is CC[C@H](C)[NH2+]C[C@@H](O)COCCOc1ccc(Cl)cc1. The normalized spacial score (nSPS) is 14.0. The van der Waals surface area contributed by atoms with Crippen molar-refractivity contribution in [2.24, 2.45) is 0 Å². The molecule has 0 aromatic heterocycles. The second-order valence-electron chi connectivity index (χ2n) is 4.89. The Bertz CT molecular complexity index is 359. The van der Waals surface area contributed by atoms with E-state index < -0.39 is 6.10 Å². The molecule has 4 nitrogen and oxygen atoms in total. The molecule has 1 rings (SSSR count). The van der Waals surface area contributed by atoms with Gasteiger partial charge in [0.05, 0.1) is 19.3 Å². The number of aliphatic hydroxyl groups is 1. The Hall–Kier alpha value is -0.810. The van der Waals surface area contributed by atoms with Gasteiger partial charge in [-0.25, -0.2) is 0 Å². The maximum Gasteiger partial charge on any atom is 0.126 e. The first-order valence-electron chi connectivity index (χ1n) is 7.09. The van der Waals surface area contributed by atoms with E-state index in [0.29, 0.717) is 37.4 Å². The Morgan fingerprint density at radius 1 is 1.25 bits per heavy atom. The van der Waals surface area contributed by atoms with Gasteiger partial charge in [-0.3, -0.25) is 0 Å². The van der Waals surface area contributed by atoms with Crippen LogP contribution in [-0.2, 0) is 4.74 Å². The van der Waals surface area contributed by atoms with E-state index in [-0.39, 0.29) is 0 Å². The Morgan fingerprint density at radius 3 is 2.60 bits per heavy atom. The Morgan fingerprint density at radius 2 is 1.95 bits per heavy atom. The van der Waals surface area contributed by atoms with Crippen LogP contribution >= 0.6 is 11.6 Å². The third-order valence-corrected chi connectivity index (χ3v) is 3.33. The molecule has 3 N–H and O–H groups in total. The summed E-state index contributed by atoms with van der Waals surface area (Å²) in [7, 11) is 0. The van der Waals surface area contributed by atoms with Gasteiger partial charge in [0.25, 0.3) is 0 Å². The maximum absolute atomic E-state index is 9.73. The minimum Gasteiger partial charge on any atom is -0.491 e. The van der Waals surface area contributed by atoms with Gasteiger partial charge in [0.2, 0.25) is 0 Å². The maximum atomic E-state index is 9.73. The van der Waals surface area contributed by atoms with Gasteiger partial charge < -0.3 is 19.9 Å². The number of hydrogen-bond acceptors (Lipinski definition) is 3. The van der Waals surface area contributed by atoms with Gasteiger partial charge in [-0.1, -0.05) is 18.5 Å². The zero-order valence-corrected chi connectivity index (χ0v) is 13.0. The standard InChI is InChI=1S/C15H24ClNO3/c1-3-12(2)17-10-14(18)11-19-8-9-20-15-6-4-13(16)5-7-15/h4-7,12,14,17-18H,3,8-11H2,1-2H3/p+1/t12-,14+/m0/s1. The van der Waals surface area contributed by atoms with Gasteiger partial charge in [-0.15, -0.1) is 0 Å². The molecule has 2 atom stereocenters. The van der Waals surface area contributed by atoms with Crippen molar-refractivity contribution in [3.63, 3.8) is 0 Å². The largest absolute Gasteiger partial charge is 0.491 e. The minimum absolute atomic E-state index is 0.344. The monoisotopic (exact) mass is 302 g/mol. The molecule has 1 aromatic carbocycles. The van der Waals surface area contributed by atoms with Crippen LogP contribution in [0.3, 0.4) is 0 Å². The Labute approximate surface area is 126 Å². The molecule has 0 saturated heterocycles. The van der Waals surface area contributed by atoms with Gasteiger partial charge in [0.15, 0.2) is 0 Å². The summed E-state index contributed by atoms with van der Waals surface area (Å²) in [5.41, 5.74) is 0. The summed E-state index contributed by atoms with van der Waals surface area (Å²) in [6, 6.07) is 7.74. The predicted octanol–water partition coefficient (Wildman–Crippen LogP) is 1.46. The molecule has 0 aliphatic heterocycles.